The molecule has 0 bridgehead atoms. The molecule has 29 heavy (non-hydrogen) atoms. The van der Waals surface area contributed by atoms with E-state index in [1.807, 2.05) is 0 Å². The van der Waals surface area contributed by atoms with Crippen molar-refractivity contribution in [2.24, 2.45) is 11.7 Å². The molecule has 0 saturated carbocycles. The monoisotopic (exact) mass is 445 g/mol. The Kier molecular flexibility index (Phi) is 8.36. The van der Waals surface area contributed by atoms with Crippen molar-refractivity contribution < 1.29 is 36.6 Å². The van der Waals surface area contributed by atoms with Gasteiger partial charge in [0.2, 0.25) is 5.91 Å². The van der Waals surface area contributed by atoms with Gasteiger partial charge in [-0.05, 0) is 23.6 Å². The Labute approximate surface area is 168 Å². The highest BCUT2D eigenvalue weighted by molar-refractivity contribution is 6.30. The van der Waals surface area contributed by atoms with Crippen LogP contribution in [0.1, 0.15) is 25.5 Å². The molecule has 1 rings (SSSR count). The molecule has 3 atom stereocenters. The van der Waals surface area contributed by atoms with Crippen molar-refractivity contribution in [2.75, 3.05) is 6.54 Å². The Bertz CT molecular complexity index is 713. The Balaban J connectivity index is 2.93. The molecule has 0 aliphatic rings. The van der Waals surface area contributed by atoms with Crippen molar-refractivity contribution in [3.8, 4) is 0 Å². The first-order valence-corrected chi connectivity index (χ1v) is 8.77. The van der Waals surface area contributed by atoms with Crippen LogP contribution < -0.4 is 16.4 Å². The van der Waals surface area contributed by atoms with Gasteiger partial charge in [0.05, 0.1) is 6.04 Å². The number of aliphatic hydroxyl groups excluding tert-OH is 1. The topological polar surface area (TPSA) is 104 Å². The van der Waals surface area contributed by atoms with Gasteiger partial charge in [0, 0.05) is 5.02 Å². The molecule has 0 aliphatic carbocycles. The molecule has 0 fully saturated rings. The number of hydrogen-bond donors (Lipinski definition) is 4. The van der Waals surface area contributed by atoms with Gasteiger partial charge in [0.1, 0.15) is 18.7 Å². The second-order valence-electron chi connectivity index (χ2n) is 6.67. The van der Waals surface area contributed by atoms with Crippen molar-refractivity contribution in [3.05, 3.63) is 34.9 Å². The standard InChI is InChI=1S/C17H21ClF5N3O3/c1-8(2)12(13(27)17(22,23)15(29)25-7-16(19,20)21)26-14(28)11(24)9-3-5-10(18)6-4-9/h3-6,8,11-13,27H,7,24H2,1-2H3,(H,25,29)(H,26,28)/t11?,12-,13?/m0/s1. The van der Waals surface area contributed by atoms with Crippen LogP contribution in [0, 0.1) is 5.92 Å². The number of nitrogens with two attached hydrogens (primary N) is 1. The molecule has 0 aliphatic heterocycles. The van der Waals surface area contributed by atoms with E-state index in [0.29, 0.717) is 10.6 Å². The van der Waals surface area contributed by atoms with Gasteiger partial charge in [-0.1, -0.05) is 37.6 Å². The van der Waals surface area contributed by atoms with Crippen LogP contribution >= 0.6 is 11.6 Å². The maximum absolute atomic E-state index is 14.2. The highest BCUT2D eigenvalue weighted by Gasteiger charge is 2.51. The summed E-state index contributed by atoms with van der Waals surface area (Å²) in [5.74, 6) is -8.66. The predicted octanol–water partition coefficient (Wildman–Crippen LogP) is 2.16. The summed E-state index contributed by atoms with van der Waals surface area (Å²) >= 11 is 5.73. The van der Waals surface area contributed by atoms with Crippen LogP contribution in [0.3, 0.4) is 0 Å². The molecular weight excluding hydrogens is 425 g/mol. The van der Waals surface area contributed by atoms with E-state index in [2.05, 4.69) is 5.32 Å². The first kappa shape index (κ1) is 25.1. The first-order chi connectivity index (χ1) is 13.2. The van der Waals surface area contributed by atoms with Crippen molar-refractivity contribution in [1.82, 2.24) is 10.6 Å². The third kappa shape index (κ3) is 7.09. The summed E-state index contributed by atoms with van der Waals surface area (Å²) in [6, 6.07) is 2.82. The number of hydrogen-bond acceptors (Lipinski definition) is 4. The highest BCUT2D eigenvalue weighted by atomic mass is 35.5. The number of carbonyl (C=O) groups excluding carboxylic acids is 2. The minimum Gasteiger partial charge on any atom is -0.384 e. The van der Waals surface area contributed by atoms with Gasteiger partial charge >= 0.3 is 12.1 Å². The number of rotatable bonds is 8. The number of alkyl halides is 5. The normalized spacial score (nSPS) is 15.6. The lowest BCUT2D eigenvalue weighted by Crippen LogP contribution is -2.60. The van der Waals surface area contributed by atoms with Crippen LogP contribution in [0.4, 0.5) is 22.0 Å². The summed E-state index contributed by atoms with van der Waals surface area (Å²) < 4.78 is 64.8. The molecular formula is C17H21ClF5N3O3. The summed E-state index contributed by atoms with van der Waals surface area (Å²) in [7, 11) is 0. The molecule has 12 heteroatoms. The van der Waals surface area contributed by atoms with Crippen molar-refractivity contribution >= 4 is 23.4 Å². The van der Waals surface area contributed by atoms with Crippen molar-refractivity contribution in [3.63, 3.8) is 0 Å². The van der Waals surface area contributed by atoms with E-state index in [0.717, 1.165) is 5.32 Å². The second-order valence-corrected chi connectivity index (χ2v) is 7.11. The van der Waals surface area contributed by atoms with Crippen molar-refractivity contribution in [1.29, 1.82) is 0 Å². The van der Waals surface area contributed by atoms with Crippen LogP contribution in [-0.2, 0) is 9.59 Å². The van der Waals surface area contributed by atoms with E-state index >= 15 is 0 Å². The van der Waals surface area contributed by atoms with E-state index in [-0.39, 0.29) is 0 Å². The van der Waals surface area contributed by atoms with E-state index < -0.39 is 54.6 Å². The minimum absolute atomic E-state index is 0.304. The zero-order chi connectivity index (χ0) is 22.6. The lowest BCUT2D eigenvalue weighted by atomic mass is 9.93. The Morgan fingerprint density at radius 3 is 2.10 bits per heavy atom. The predicted molar refractivity (Wildman–Crippen MR) is 95.2 cm³/mol. The Hall–Kier alpha value is -1.98. The van der Waals surface area contributed by atoms with Crippen LogP contribution in [0.15, 0.2) is 24.3 Å². The molecule has 2 unspecified atom stereocenters. The third-order valence-electron chi connectivity index (χ3n) is 4.00. The second kappa shape index (κ2) is 9.68. The van der Waals surface area contributed by atoms with Crippen LogP contribution in [0.25, 0.3) is 0 Å². The lowest BCUT2D eigenvalue weighted by Gasteiger charge is -2.32. The third-order valence-corrected chi connectivity index (χ3v) is 4.25. The smallest absolute Gasteiger partial charge is 0.384 e. The SMILES string of the molecule is CC(C)[C@H](NC(=O)C(N)c1ccc(Cl)cc1)C(O)C(F)(F)C(=O)NCC(F)(F)F. The van der Waals surface area contributed by atoms with Gasteiger partial charge < -0.3 is 21.5 Å². The Morgan fingerprint density at radius 1 is 1.14 bits per heavy atom. The number of benzene rings is 1. The van der Waals surface area contributed by atoms with Gasteiger partial charge in [-0.2, -0.15) is 22.0 Å². The fourth-order valence-electron chi connectivity index (χ4n) is 2.34. The van der Waals surface area contributed by atoms with Crippen LogP contribution in [-0.4, -0.2) is 47.7 Å². The average molecular weight is 446 g/mol. The first-order valence-electron chi connectivity index (χ1n) is 8.39. The minimum atomic E-state index is -4.91. The number of amides is 2. The largest absolute Gasteiger partial charge is 0.405 e. The number of aliphatic hydroxyl groups is 1. The van der Waals surface area contributed by atoms with E-state index in [4.69, 9.17) is 17.3 Å². The van der Waals surface area contributed by atoms with Gasteiger partial charge in [-0.25, -0.2) is 0 Å². The summed E-state index contributed by atoms with van der Waals surface area (Å²) in [6.45, 7) is 0.742. The quantitative estimate of drug-likeness (QED) is 0.460. The molecule has 0 radical (unpaired) electrons. The van der Waals surface area contributed by atoms with Gasteiger partial charge in [0.25, 0.3) is 5.91 Å². The fourth-order valence-corrected chi connectivity index (χ4v) is 2.47. The summed E-state index contributed by atoms with van der Waals surface area (Å²) in [5, 5.41) is 13.5. The van der Waals surface area contributed by atoms with Gasteiger partial charge in [-0.3, -0.25) is 9.59 Å². The molecule has 1 aromatic rings. The van der Waals surface area contributed by atoms with E-state index in [1.165, 1.54) is 38.1 Å². The summed E-state index contributed by atoms with van der Waals surface area (Å²) in [6.07, 6.45) is -7.70. The molecule has 1 aromatic carbocycles. The number of halogens is 6. The maximum Gasteiger partial charge on any atom is 0.405 e. The number of carbonyl (C=O) groups is 2. The summed E-state index contributed by atoms with van der Waals surface area (Å²) in [4.78, 5) is 23.8. The van der Waals surface area contributed by atoms with Crippen LogP contribution in [0.2, 0.25) is 5.02 Å². The molecule has 0 aromatic heterocycles. The maximum atomic E-state index is 14.2. The molecule has 0 spiro atoms. The average Bonchev–Trinajstić information content (AvgIpc) is 2.62. The highest BCUT2D eigenvalue weighted by Crippen LogP contribution is 2.26. The molecule has 164 valence electrons. The van der Waals surface area contributed by atoms with E-state index in [1.54, 1.807) is 0 Å². The zero-order valence-corrected chi connectivity index (χ0v) is 16.2. The molecule has 0 heterocycles. The van der Waals surface area contributed by atoms with Crippen LogP contribution in [0.5, 0.6) is 0 Å². The zero-order valence-electron chi connectivity index (χ0n) is 15.4. The molecule has 6 nitrogen and oxygen atoms in total. The van der Waals surface area contributed by atoms with E-state index in [9.17, 15) is 36.6 Å². The molecule has 5 N–H and O–H groups in total. The fraction of sp³-hybridized carbons (Fsp3) is 0.529. The lowest BCUT2D eigenvalue weighted by molar-refractivity contribution is -0.174. The summed E-state index contributed by atoms with van der Waals surface area (Å²) in [5.41, 5.74) is 6.08. The Morgan fingerprint density at radius 2 is 1.66 bits per heavy atom. The molecule has 2 amide bonds. The number of nitrogens with one attached hydrogen (secondary N) is 2. The molecule has 0 saturated heterocycles. The van der Waals surface area contributed by atoms with Gasteiger partial charge in [0.15, 0.2) is 0 Å². The van der Waals surface area contributed by atoms with Gasteiger partial charge in [-0.15, -0.1) is 0 Å². The van der Waals surface area contributed by atoms with Crippen molar-refractivity contribution in [2.45, 2.75) is 44.1 Å².